The second-order valence-electron chi connectivity index (χ2n) is 5.51. The van der Waals surface area contributed by atoms with Crippen molar-refractivity contribution in [2.24, 2.45) is 0 Å². The van der Waals surface area contributed by atoms with E-state index in [9.17, 15) is 4.79 Å². The molecular formula is C18H17N3O. The Labute approximate surface area is 129 Å². The lowest BCUT2D eigenvalue weighted by Crippen LogP contribution is -2.02. The molecule has 0 aliphatic rings. The lowest BCUT2D eigenvalue weighted by Gasteiger charge is -2.11. The number of rotatable bonds is 3. The molecule has 0 N–H and O–H groups in total. The van der Waals surface area contributed by atoms with E-state index in [0.717, 1.165) is 34.4 Å². The third kappa shape index (κ3) is 2.44. The maximum atomic E-state index is 11.4. The first-order chi connectivity index (χ1) is 10.6. The summed E-state index contributed by atoms with van der Waals surface area (Å²) in [5.74, 6) is 0. The van der Waals surface area contributed by atoms with Gasteiger partial charge in [-0.3, -0.25) is 4.79 Å². The van der Waals surface area contributed by atoms with Crippen LogP contribution in [0.5, 0.6) is 0 Å². The smallest absolute Gasteiger partial charge is 0.172 e. The number of hydrogen-bond acceptors (Lipinski definition) is 3. The molecule has 0 spiro atoms. The summed E-state index contributed by atoms with van der Waals surface area (Å²) >= 11 is 0. The molecule has 3 aromatic rings. The fourth-order valence-electron chi connectivity index (χ4n) is 2.65. The normalized spacial score (nSPS) is 10.7. The molecule has 4 nitrogen and oxygen atoms in total. The number of aryl methyl sites for hydroxylation is 3. The molecule has 0 amide bonds. The highest BCUT2D eigenvalue weighted by atomic mass is 16.1. The van der Waals surface area contributed by atoms with Crippen LogP contribution in [0.2, 0.25) is 0 Å². The zero-order chi connectivity index (χ0) is 15.7. The Hall–Kier alpha value is -2.75. The molecule has 22 heavy (non-hydrogen) atoms. The summed E-state index contributed by atoms with van der Waals surface area (Å²) in [6, 6.07) is 14.1. The molecule has 0 fully saturated rings. The number of carbonyl (C=O) groups is 1. The molecule has 4 heteroatoms. The molecule has 1 heterocycles. The highest BCUT2D eigenvalue weighted by Gasteiger charge is 2.17. The highest BCUT2D eigenvalue weighted by molar-refractivity contribution is 5.84. The molecule has 2 aromatic carbocycles. The van der Waals surface area contributed by atoms with Crippen molar-refractivity contribution >= 4 is 6.29 Å². The minimum Gasteiger partial charge on any atom is -0.296 e. The number of aldehydes is 1. The molecule has 0 aliphatic carbocycles. The van der Waals surface area contributed by atoms with Gasteiger partial charge in [0.25, 0.3) is 0 Å². The first kappa shape index (κ1) is 14.2. The van der Waals surface area contributed by atoms with Gasteiger partial charge in [-0.25, -0.2) is 4.68 Å². The number of hydrogen-bond donors (Lipinski definition) is 0. The minimum atomic E-state index is 0.352. The van der Waals surface area contributed by atoms with Crippen LogP contribution in [0.15, 0.2) is 42.5 Å². The summed E-state index contributed by atoms with van der Waals surface area (Å²) in [6.07, 6.45) is 0.755. The van der Waals surface area contributed by atoms with Crippen LogP contribution in [0.1, 0.15) is 27.2 Å². The Morgan fingerprint density at radius 1 is 1.00 bits per heavy atom. The minimum absolute atomic E-state index is 0.352. The van der Waals surface area contributed by atoms with Crippen LogP contribution in [0, 0.1) is 20.8 Å². The largest absolute Gasteiger partial charge is 0.296 e. The summed E-state index contributed by atoms with van der Waals surface area (Å²) in [7, 11) is 0. The van der Waals surface area contributed by atoms with Gasteiger partial charge < -0.3 is 0 Å². The third-order valence-electron chi connectivity index (χ3n) is 3.68. The summed E-state index contributed by atoms with van der Waals surface area (Å²) < 4.78 is 1.74. The zero-order valence-corrected chi connectivity index (χ0v) is 12.9. The van der Waals surface area contributed by atoms with Crippen LogP contribution < -0.4 is 0 Å². The van der Waals surface area contributed by atoms with Crippen LogP contribution in [0.25, 0.3) is 16.9 Å². The fourth-order valence-corrected chi connectivity index (χ4v) is 2.65. The topological polar surface area (TPSA) is 47.8 Å². The van der Waals surface area contributed by atoms with Crippen molar-refractivity contribution in [2.75, 3.05) is 0 Å². The lowest BCUT2D eigenvalue weighted by atomic mass is 10.1. The van der Waals surface area contributed by atoms with Gasteiger partial charge in [-0.05, 0) is 38.5 Å². The van der Waals surface area contributed by atoms with Gasteiger partial charge in [0.15, 0.2) is 12.0 Å². The summed E-state index contributed by atoms with van der Waals surface area (Å²) in [5, 5.41) is 8.21. The Balaban J connectivity index is 2.26. The van der Waals surface area contributed by atoms with E-state index in [0.29, 0.717) is 5.69 Å². The highest BCUT2D eigenvalue weighted by Crippen LogP contribution is 2.26. The molecule has 3 rings (SSSR count). The van der Waals surface area contributed by atoms with Gasteiger partial charge in [0.05, 0.1) is 5.69 Å². The van der Waals surface area contributed by atoms with Crippen molar-refractivity contribution in [1.29, 1.82) is 0 Å². The predicted octanol–water partition coefficient (Wildman–Crippen LogP) is 3.67. The number of aromatic nitrogens is 3. The molecule has 1 aromatic heterocycles. The third-order valence-corrected chi connectivity index (χ3v) is 3.68. The fraction of sp³-hybridized carbons (Fsp3) is 0.167. The van der Waals surface area contributed by atoms with E-state index in [-0.39, 0.29) is 0 Å². The second-order valence-corrected chi connectivity index (χ2v) is 5.51. The molecular weight excluding hydrogens is 274 g/mol. The standard InChI is InChI=1S/C18H17N3O/c1-12-5-4-6-15(10-12)18-16(11-22)19-20-21(18)17-8-7-13(2)9-14(17)3/h4-11H,1-3H3. The second kappa shape index (κ2) is 5.56. The van der Waals surface area contributed by atoms with Crippen molar-refractivity contribution in [2.45, 2.75) is 20.8 Å². The van der Waals surface area contributed by atoms with E-state index in [4.69, 9.17) is 0 Å². The first-order valence-electron chi connectivity index (χ1n) is 7.15. The van der Waals surface area contributed by atoms with Gasteiger partial charge in [0.1, 0.15) is 5.69 Å². The van der Waals surface area contributed by atoms with Crippen LogP contribution in [-0.2, 0) is 0 Å². The first-order valence-corrected chi connectivity index (χ1v) is 7.15. The Bertz CT molecular complexity index is 849. The van der Waals surface area contributed by atoms with E-state index in [1.807, 2.05) is 50.2 Å². The zero-order valence-electron chi connectivity index (χ0n) is 12.9. The lowest BCUT2D eigenvalue weighted by molar-refractivity contribution is 0.111. The van der Waals surface area contributed by atoms with E-state index in [1.54, 1.807) is 4.68 Å². The number of nitrogens with zero attached hydrogens (tertiary/aromatic N) is 3. The van der Waals surface area contributed by atoms with Gasteiger partial charge in [-0.2, -0.15) is 0 Å². The summed E-state index contributed by atoms with van der Waals surface area (Å²) in [4.78, 5) is 11.4. The average Bonchev–Trinajstić information content (AvgIpc) is 2.91. The Morgan fingerprint density at radius 3 is 2.45 bits per heavy atom. The van der Waals surface area contributed by atoms with E-state index in [2.05, 4.69) is 23.3 Å². The van der Waals surface area contributed by atoms with Gasteiger partial charge in [0, 0.05) is 5.56 Å². The van der Waals surface area contributed by atoms with E-state index < -0.39 is 0 Å². The van der Waals surface area contributed by atoms with E-state index >= 15 is 0 Å². The number of benzene rings is 2. The van der Waals surface area contributed by atoms with E-state index in [1.165, 1.54) is 5.56 Å². The monoisotopic (exact) mass is 291 g/mol. The predicted molar refractivity (Wildman–Crippen MR) is 86.4 cm³/mol. The molecule has 0 saturated carbocycles. The van der Waals surface area contributed by atoms with Gasteiger partial charge in [0.2, 0.25) is 0 Å². The van der Waals surface area contributed by atoms with Crippen molar-refractivity contribution in [3.05, 3.63) is 64.8 Å². The van der Waals surface area contributed by atoms with Crippen molar-refractivity contribution in [3.8, 4) is 16.9 Å². The maximum absolute atomic E-state index is 11.4. The summed E-state index contributed by atoms with van der Waals surface area (Å²) in [6.45, 7) is 6.11. The van der Waals surface area contributed by atoms with Crippen molar-refractivity contribution in [1.82, 2.24) is 15.0 Å². The van der Waals surface area contributed by atoms with Crippen LogP contribution >= 0.6 is 0 Å². The molecule has 0 aliphatic heterocycles. The van der Waals surface area contributed by atoms with Crippen LogP contribution in [-0.4, -0.2) is 21.3 Å². The van der Waals surface area contributed by atoms with Crippen LogP contribution in [0.3, 0.4) is 0 Å². The van der Waals surface area contributed by atoms with Crippen LogP contribution in [0.4, 0.5) is 0 Å². The summed E-state index contributed by atoms with van der Waals surface area (Å²) in [5.41, 5.74) is 6.36. The van der Waals surface area contributed by atoms with Gasteiger partial charge in [-0.15, -0.1) is 5.10 Å². The molecule has 0 radical (unpaired) electrons. The molecule has 0 bridgehead atoms. The Kier molecular flexibility index (Phi) is 3.59. The van der Waals surface area contributed by atoms with Crippen molar-refractivity contribution < 1.29 is 4.79 Å². The Morgan fingerprint density at radius 2 is 1.77 bits per heavy atom. The quantitative estimate of drug-likeness (QED) is 0.692. The van der Waals surface area contributed by atoms with Crippen molar-refractivity contribution in [3.63, 3.8) is 0 Å². The molecule has 0 saturated heterocycles. The molecule has 0 atom stereocenters. The molecule has 110 valence electrons. The molecule has 0 unspecified atom stereocenters. The number of carbonyl (C=O) groups excluding carboxylic acids is 1. The SMILES string of the molecule is Cc1cccc(-c2c(C=O)nnn2-c2ccc(C)cc2C)c1. The average molecular weight is 291 g/mol. The van der Waals surface area contributed by atoms with Gasteiger partial charge >= 0.3 is 0 Å². The maximum Gasteiger partial charge on any atom is 0.172 e. The van der Waals surface area contributed by atoms with Gasteiger partial charge in [-0.1, -0.05) is 46.7 Å².